The molecule has 31 heavy (non-hydrogen) atoms. The van der Waals surface area contributed by atoms with Crippen molar-refractivity contribution >= 4 is 11.8 Å². The highest BCUT2D eigenvalue weighted by molar-refractivity contribution is 5.77. The van der Waals surface area contributed by atoms with Gasteiger partial charge in [0.05, 0.1) is 0 Å². The molecule has 0 unspecified atom stereocenters. The number of nitrogens with one attached hydrogen (secondary N) is 2. The molecule has 0 bridgehead atoms. The van der Waals surface area contributed by atoms with Gasteiger partial charge in [0.25, 0.3) is 0 Å². The number of aliphatic hydroxyl groups is 1. The van der Waals surface area contributed by atoms with E-state index in [1.807, 2.05) is 12.2 Å². The topological polar surface area (TPSA) is 81.7 Å². The number of amides is 2. The molecule has 0 saturated carbocycles. The predicted octanol–water partition coefficient (Wildman–Crippen LogP) is 3.96. The van der Waals surface area contributed by atoms with Gasteiger partial charge in [-0.15, -0.1) is 0 Å². The highest BCUT2D eigenvalue weighted by Gasteiger charge is 2.06. The number of carbonyl (C=O) groups is 2. The van der Waals surface area contributed by atoms with E-state index in [0.29, 0.717) is 25.9 Å². The average molecular weight is 438 g/mol. The Morgan fingerprint density at radius 3 is 1.58 bits per heavy atom. The third kappa shape index (κ3) is 21.4. The molecular weight excluding hydrogens is 390 g/mol. The SMILES string of the molecule is CCCC/C=C/CC(=O)NCCCN(CCCO)CCCNC(=O)C/C=C/CCCC. The summed E-state index contributed by atoms with van der Waals surface area (Å²) >= 11 is 0. The van der Waals surface area contributed by atoms with Gasteiger partial charge in [0, 0.05) is 39.1 Å². The average Bonchev–Trinajstić information content (AvgIpc) is 2.76. The minimum Gasteiger partial charge on any atom is -0.396 e. The lowest BCUT2D eigenvalue weighted by Gasteiger charge is -2.22. The van der Waals surface area contributed by atoms with Gasteiger partial charge in [-0.3, -0.25) is 9.59 Å². The van der Waals surface area contributed by atoms with Crippen molar-refractivity contribution in [2.75, 3.05) is 39.3 Å². The second kappa shape index (κ2) is 23.0. The van der Waals surface area contributed by atoms with E-state index < -0.39 is 0 Å². The number of aliphatic hydroxyl groups excluding tert-OH is 1. The Bertz CT molecular complexity index is 452. The minimum atomic E-state index is 0.0705. The monoisotopic (exact) mass is 437 g/mol. The van der Waals surface area contributed by atoms with E-state index in [1.54, 1.807) is 0 Å². The summed E-state index contributed by atoms with van der Waals surface area (Å²) in [7, 11) is 0. The summed E-state index contributed by atoms with van der Waals surface area (Å²) in [5.41, 5.74) is 0. The standard InChI is InChI=1S/C25H47N3O3/c1-3-5-7-9-11-16-24(30)26-18-13-20-28(22-15-23-29)21-14-19-27-25(31)17-12-10-8-6-4-2/h9-12,29H,3-8,13-23H2,1-2H3,(H,26,30)(H,27,31)/b11-9+,12-10+. The summed E-state index contributed by atoms with van der Waals surface area (Å²) in [6, 6.07) is 0. The van der Waals surface area contributed by atoms with E-state index >= 15 is 0 Å². The molecule has 0 heterocycles. The van der Waals surface area contributed by atoms with Crippen LogP contribution in [-0.2, 0) is 9.59 Å². The molecule has 0 atom stereocenters. The van der Waals surface area contributed by atoms with Crippen molar-refractivity contribution in [3.63, 3.8) is 0 Å². The van der Waals surface area contributed by atoms with Gasteiger partial charge in [0.15, 0.2) is 0 Å². The molecule has 3 N–H and O–H groups in total. The van der Waals surface area contributed by atoms with Crippen molar-refractivity contribution < 1.29 is 14.7 Å². The number of rotatable bonds is 21. The molecule has 0 aromatic carbocycles. The Hall–Kier alpha value is -1.66. The summed E-state index contributed by atoms with van der Waals surface area (Å²) in [6.07, 6.45) is 18.2. The lowest BCUT2D eigenvalue weighted by Crippen LogP contribution is -2.33. The van der Waals surface area contributed by atoms with Crippen LogP contribution in [0, 0.1) is 0 Å². The molecule has 180 valence electrons. The van der Waals surface area contributed by atoms with E-state index in [9.17, 15) is 9.59 Å². The summed E-state index contributed by atoms with van der Waals surface area (Å²) < 4.78 is 0. The quantitative estimate of drug-likeness (QED) is 0.188. The molecule has 0 aliphatic rings. The Balaban J connectivity index is 3.92. The molecule has 0 aromatic rings. The molecular formula is C25H47N3O3. The normalized spacial score (nSPS) is 11.6. The Kier molecular flexibility index (Phi) is 21.8. The van der Waals surface area contributed by atoms with Crippen LogP contribution in [0.25, 0.3) is 0 Å². The van der Waals surface area contributed by atoms with E-state index in [0.717, 1.165) is 51.7 Å². The zero-order valence-corrected chi connectivity index (χ0v) is 20.0. The van der Waals surface area contributed by atoms with Crippen molar-refractivity contribution in [3.05, 3.63) is 24.3 Å². The van der Waals surface area contributed by atoms with Gasteiger partial charge in [-0.05, 0) is 45.2 Å². The maximum Gasteiger partial charge on any atom is 0.223 e. The fraction of sp³-hybridized carbons (Fsp3) is 0.760. The number of hydrogen-bond donors (Lipinski definition) is 3. The molecule has 2 amide bonds. The van der Waals surface area contributed by atoms with Gasteiger partial charge in [0.1, 0.15) is 0 Å². The third-order valence-corrected chi connectivity index (χ3v) is 4.97. The van der Waals surface area contributed by atoms with E-state index in [2.05, 4.69) is 41.5 Å². The van der Waals surface area contributed by atoms with Crippen LogP contribution >= 0.6 is 0 Å². The fourth-order valence-corrected chi connectivity index (χ4v) is 3.10. The fourth-order valence-electron chi connectivity index (χ4n) is 3.10. The first-order chi connectivity index (χ1) is 15.1. The number of carbonyl (C=O) groups excluding carboxylic acids is 2. The van der Waals surface area contributed by atoms with Crippen LogP contribution in [0.15, 0.2) is 24.3 Å². The van der Waals surface area contributed by atoms with Crippen LogP contribution in [0.4, 0.5) is 0 Å². The first-order valence-corrected chi connectivity index (χ1v) is 12.3. The van der Waals surface area contributed by atoms with E-state index in [4.69, 9.17) is 5.11 Å². The third-order valence-electron chi connectivity index (χ3n) is 4.97. The van der Waals surface area contributed by atoms with Gasteiger partial charge in [-0.25, -0.2) is 0 Å². The number of allylic oxidation sites excluding steroid dienone is 2. The lowest BCUT2D eigenvalue weighted by atomic mass is 10.2. The molecule has 0 aliphatic carbocycles. The van der Waals surface area contributed by atoms with Crippen LogP contribution < -0.4 is 10.6 Å². The number of hydrogen-bond acceptors (Lipinski definition) is 4. The maximum atomic E-state index is 11.8. The first-order valence-electron chi connectivity index (χ1n) is 12.3. The Morgan fingerprint density at radius 2 is 1.16 bits per heavy atom. The molecule has 0 aliphatic heterocycles. The van der Waals surface area contributed by atoms with Crippen LogP contribution in [0.5, 0.6) is 0 Å². The highest BCUT2D eigenvalue weighted by atomic mass is 16.3. The van der Waals surface area contributed by atoms with Gasteiger partial charge < -0.3 is 20.6 Å². The van der Waals surface area contributed by atoms with Gasteiger partial charge in [-0.2, -0.15) is 0 Å². The second-order valence-electron chi connectivity index (χ2n) is 7.96. The highest BCUT2D eigenvalue weighted by Crippen LogP contribution is 1.99. The van der Waals surface area contributed by atoms with E-state index in [-0.39, 0.29) is 18.4 Å². The number of unbranched alkanes of at least 4 members (excludes halogenated alkanes) is 4. The van der Waals surface area contributed by atoms with Crippen LogP contribution in [-0.4, -0.2) is 61.2 Å². The van der Waals surface area contributed by atoms with Gasteiger partial charge >= 0.3 is 0 Å². The predicted molar refractivity (Wildman–Crippen MR) is 130 cm³/mol. The Labute approximate surface area is 190 Å². The molecule has 0 spiro atoms. The van der Waals surface area contributed by atoms with Crippen molar-refractivity contribution in [2.24, 2.45) is 0 Å². The second-order valence-corrected chi connectivity index (χ2v) is 7.96. The summed E-state index contributed by atoms with van der Waals surface area (Å²) in [6.45, 7) is 8.42. The molecule has 6 nitrogen and oxygen atoms in total. The largest absolute Gasteiger partial charge is 0.396 e. The van der Waals surface area contributed by atoms with Gasteiger partial charge in [-0.1, -0.05) is 63.8 Å². The molecule has 0 fully saturated rings. The summed E-state index contributed by atoms with van der Waals surface area (Å²) in [5, 5.41) is 15.1. The minimum absolute atomic E-state index is 0.0705. The number of nitrogens with zero attached hydrogens (tertiary/aromatic N) is 1. The van der Waals surface area contributed by atoms with Crippen molar-refractivity contribution in [1.82, 2.24) is 15.5 Å². The lowest BCUT2D eigenvalue weighted by molar-refractivity contribution is -0.121. The van der Waals surface area contributed by atoms with Gasteiger partial charge in [0.2, 0.25) is 11.8 Å². The maximum absolute atomic E-state index is 11.8. The molecule has 0 radical (unpaired) electrons. The zero-order chi connectivity index (χ0) is 23.0. The molecule has 6 heteroatoms. The zero-order valence-electron chi connectivity index (χ0n) is 20.0. The van der Waals surface area contributed by atoms with Crippen molar-refractivity contribution in [3.8, 4) is 0 Å². The Morgan fingerprint density at radius 1 is 0.710 bits per heavy atom. The summed E-state index contributed by atoms with van der Waals surface area (Å²) in [5.74, 6) is 0.141. The smallest absolute Gasteiger partial charge is 0.223 e. The van der Waals surface area contributed by atoms with E-state index in [1.165, 1.54) is 25.7 Å². The van der Waals surface area contributed by atoms with Crippen LogP contribution in [0.1, 0.15) is 84.5 Å². The van der Waals surface area contributed by atoms with Crippen LogP contribution in [0.3, 0.4) is 0 Å². The van der Waals surface area contributed by atoms with Crippen molar-refractivity contribution in [1.29, 1.82) is 0 Å². The molecule has 0 saturated heterocycles. The van der Waals surface area contributed by atoms with Crippen LogP contribution in [0.2, 0.25) is 0 Å². The first kappa shape index (κ1) is 29.3. The molecule has 0 rings (SSSR count). The summed E-state index contributed by atoms with van der Waals surface area (Å²) in [4.78, 5) is 26.0. The van der Waals surface area contributed by atoms with Crippen molar-refractivity contribution in [2.45, 2.75) is 84.5 Å². The molecule has 0 aromatic heterocycles.